The predicted octanol–water partition coefficient (Wildman–Crippen LogP) is 5.25. The molecule has 21 heavy (non-hydrogen) atoms. The average molecular weight is 310 g/mol. The second-order valence-corrected chi connectivity index (χ2v) is 6.89. The van der Waals surface area contributed by atoms with Crippen molar-refractivity contribution in [2.24, 2.45) is 0 Å². The minimum Gasteiger partial charge on any atom is -0.290 e. The minimum atomic E-state index is 1.04. The number of hydrogen-bond acceptors (Lipinski definition) is 3. The third-order valence-corrected chi connectivity index (χ3v) is 5.62. The van der Waals surface area contributed by atoms with Gasteiger partial charge in [-0.2, -0.15) is 0 Å². The second kappa shape index (κ2) is 4.90. The third kappa shape index (κ3) is 2.06. The molecule has 0 spiro atoms. The van der Waals surface area contributed by atoms with E-state index in [1.165, 1.54) is 26.2 Å². The summed E-state index contributed by atoms with van der Waals surface area (Å²) in [6.45, 7) is 2.15. The lowest BCUT2D eigenvalue weighted by atomic mass is 10.1. The Morgan fingerprint density at radius 1 is 1.14 bits per heavy atom. The van der Waals surface area contributed by atoms with E-state index in [0.717, 1.165) is 10.7 Å². The fourth-order valence-electron chi connectivity index (χ4n) is 2.57. The van der Waals surface area contributed by atoms with Crippen LogP contribution in [0.5, 0.6) is 0 Å². The number of benzene rings is 2. The maximum absolute atomic E-state index is 4.80. The number of aryl methyl sites for hydroxylation is 1. The number of hydrogen-bond donors (Lipinski definition) is 0. The first kappa shape index (κ1) is 12.9. The van der Waals surface area contributed by atoms with Gasteiger partial charge in [-0.1, -0.05) is 35.6 Å². The van der Waals surface area contributed by atoms with Gasteiger partial charge in [0.1, 0.15) is 0 Å². The van der Waals surface area contributed by atoms with E-state index in [1.54, 1.807) is 23.1 Å². The van der Waals surface area contributed by atoms with Gasteiger partial charge in [0.25, 0.3) is 0 Å². The number of fused-ring (bicyclic) bond motifs is 3. The first-order chi connectivity index (χ1) is 10.3. The van der Waals surface area contributed by atoms with E-state index in [0.29, 0.717) is 0 Å². The maximum Gasteiger partial charge on any atom is 0.195 e. The molecule has 4 rings (SSSR count). The number of thioether (sulfide) groups is 1. The van der Waals surface area contributed by atoms with Crippen LogP contribution < -0.4 is 0 Å². The van der Waals surface area contributed by atoms with Gasteiger partial charge in [0.05, 0.1) is 15.9 Å². The Morgan fingerprint density at radius 2 is 2.00 bits per heavy atom. The monoisotopic (exact) mass is 310 g/mol. The van der Waals surface area contributed by atoms with Crippen LogP contribution in [0.2, 0.25) is 0 Å². The number of aromatic nitrogens is 2. The molecule has 0 aliphatic carbocycles. The van der Waals surface area contributed by atoms with Crippen molar-refractivity contribution in [2.45, 2.75) is 11.8 Å². The zero-order chi connectivity index (χ0) is 14.4. The first-order valence-electron chi connectivity index (χ1n) is 6.78. The number of imidazole rings is 1. The molecule has 0 aliphatic rings. The van der Waals surface area contributed by atoms with Crippen molar-refractivity contribution >= 4 is 38.3 Å². The molecule has 4 heteroatoms. The Hall–Kier alpha value is -1.78. The molecule has 0 fully saturated rings. The largest absolute Gasteiger partial charge is 0.290 e. The van der Waals surface area contributed by atoms with E-state index >= 15 is 0 Å². The van der Waals surface area contributed by atoms with E-state index < -0.39 is 0 Å². The van der Waals surface area contributed by atoms with Gasteiger partial charge in [0.15, 0.2) is 4.96 Å². The zero-order valence-corrected chi connectivity index (χ0v) is 13.5. The standard InChI is InChI=1S/C17H14N2S2/c1-11-7-8-12(9-16(11)20-2)13-10-19-14-5-3-4-6-15(14)21-17(19)18-13/h3-10H,1-2H3. The highest BCUT2D eigenvalue weighted by molar-refractivity contribution is 7.98. The number of para-hydroxylation sites is 1. The molecule has 4 aromatic rings. The van der Waals surface area contributed by atoms with Crippen LogP contribution in [0.3, 0.4) is 0 Å². The van der Waals surface area contributed by atoms with Gasteiger partial charge in [-0.15, -0.1) is 11.8 Å². The van der Waals surface area contributed by atoms with Crippen LogP contribution in [0.25, 0.3) is 26.4 Å². The van der Waals surface area contributed by atoms with Crippen LogP contribution in [-0.4, -0.2) is 15.6 Å². The quantitative estimate of drug-likeness (QED) is 0.471. The van der Waals surface area contributed by atoms with E-state index in [-0.39, 0.29) is 0 Å². The molecule has 2 nitrogen and oxygen atoms in total. The van der Waals surface area contributed by atoms with Gasteiger partial charge in [-0.25, -0.2) is 4.98 Å². The SMILES string of the molecule is CSc1cc(-c2cn3c(n2)sc2ccccc23)ccc1C. The molecule has 0 aliphatic heterocycles. The summed E-state index contributed by atoms with van der Waals surface area (Å²) in [6, 6.07) is 15.0. The van der Waals surface area contributed by atoms with E-state index in [4.69, 9.17) is 4.98 Å². The molecule has 2 heterocycles. The van der Waals surface area contributed by atoms with Crippen molar-refractivity contribution in [3.05, 3.63) is 54.2 Å². The number of rotatable bonds is 2. The highest BCUT2D eigenvalue weighted by atomic mass is 32.2. The molecule has 0 radical (unpaired) electrons. The topological polar surface area (TPSA) is 17.3 Å². The van der Waals surface area contributed by atoms with Crippen molar-refractivity contribution < 1.29 is 0 Å². The van der Waals surface area contributed by atoms with Crippen LogP contribution in [0, 0.1) is 6.92 Å². The fraction of sp³-hybridized carbons (Fsp3) is 0.118. The Morgan fingerprint density at radius 3 is 2.86 bits per heavy atom. The summed E-state index contributed by atoms with van der Waals surface area (Å²) in [7, 11) is 0. The van der Waals surface area contributed by atoms with Crippen molar-refractivity contribution in [1.82, 2.24) is 9.38 Å². The predicted molar refractivity (Wildman–Crippen MR) is 92.5 cm³/mol. The summed E-state index contributed by atoms with van der Waals surface area (Å²) in [5.41, 5.74) is 4.78. The summed E-state index contributed by atoms with van der Waals surface area (Å²) in [5, 5.41) is 0. The van der Waals surface area contributed by atoms with Crippen molar-refractivity contribution in [2.75, 3.05) is 6.26 Å². The molecular weight excluding hydrogens is 296 g/mol. The van der Waals surface area contributed by atoms with Crippen molar-refractivity contribution in [1.29, 1.82) is 0 Å². The molecule has 0 saturated heterocycles. The second-order valence-electron chi connectivity index (χ2n) is 5.03. The lowest BCUT2D eigenvalue weighted by molar-refractivity contribution is 1.29. The summed E-state index contributed by atoms with van der Waals surface area (Å²) in [4.78, 5) is 7.16. The molecule has 0 saturated carbocycles. The van der Waals surface area contributed by atoms with Crippen LogP contribution in [0.15, 0.2) is 53.6 Å². The molecule has 0 bridgehead atoms. The van der Waals surface area contributed by atoms with Gasteiger partial charge in [0.2, 0.25) is 0 Å². The lowest BCUT2D eigenvalue weighted by Crippen LogP contribution is -1.82. The summed E-state index contributed by atoms with van der Waals surface area (Å²) < 4.78 is 3.47. The van der Waals surface area contributed by atoms with E-state index in [9.17, 15) is 0 Å². The molecular formula is C17H14N2S2. The maximum atomic E-state index is 4.80. The molecule has 0 N–H and O–H groups in total. The lowest BCUT2D eigenvalue weighted by Gasteiger charge is -2.04. The highest BCUT2D eigenvalue weighted by Crippen LogP contribution is 2.31. The average Bonchev–Trinajstić information content (AvgIpc) is 3.05. The first-order valence-corrected chi connectivity index (χ1v) is 8.82. The summed E-state index contributed by atoms with van der Waals surface area (Å²) in [5.74, 6) is 0. The number of nitrogens with zero attached hydrogens (tertiary/aromatic N) is 2. The Balaban J connectivity index is 1.91. The van der Waals surface area contributed by atoms with Crippen molar-refractivity contribution in [3.8, 4) is 11.3 Å². The van der Waals surface area contributed by atoms with Crippen LogP contribution in [0.4, 0.5) is 0 Å². The summed E-state index contributed by atoms with van der Waals surface area (Å²) >= 11 is 3.52. The van der Waals surface area contributed by atoms with E-state index in [2.05, 4.69) is 66.2 Å². The minimum absolute atomic E-state index is 1.04. The summed E-state index contributed by atoms with van der Waals surface area (Å²) in [6.07, 6.45) is 4.26. The van der Waals surface area contributed by atoms with Gasteiger partial charge >= 0.3 is 0 Å². The Labute approximate surface area is 131 Å². The molecule has 0 unspecified atom stereocenters. The van der Waals surface area contributed by atoms with Crippen LogP contribution in [0.1, 0.15) is 5.56 Å². The molecule has 2 aromatic carbocycles. The van der Waals surface area contributed by atoms with Gasteiger partial charge < -0.3 is 0 Å². The van der Waals surface area contributed by atoms with Gasteiger partial charge in [0, 0.05) is 16.7 Å². The molecule has 0 amide bonds. The van der Waals surface area contributed by atoms with E-state index in [1.807, 2.05) is 0 Å². The third-order valence-electron chi connectivity index (χ3n) is 3.70. The Kier molecular flexibility index (Phi) is 3.01. The Bertz CT molecular complexity index is 950. The van der Waals surface area contributed by atoms with Crippen LogP contribution in [-0.2, 0) is 0 Å². The molecule has 2 aromatic heterocycles. The normalized spacial score (nSPS) is 11.5. The zero-order valence-electron chi connectivity index (χ0n) is 11.8. The molecule has 0 atom stereocenters. The van der Waals surface area contributed by atoms with Gasteiger partial charge in [-0.3, -0.25) is 4.40 Å². The molecule has 104 valence electrons. The number of thiazole rings is 1. The highest BCUT2D eigenvalue weighted by Gasteiger charge is 2.10. The van der Waals surface area contributed by atoms with Crippen molar-refractivity contribution in [3.63, 3.8) is 0 Å². The smallest absolute Gasteiger partial charge is 0.195 e. The van der Waals surface area contributed by atoms with Crippen LogP contribution >= 0.6 is 23.1 Å². The van der Waals surface area contributed by atoms with Gasteiger partial charge in [-0.05, 0) is 36.9 Å². The fourth-order valence-corrected chi connectivity index (χ4v) is 4.21.